The molecule has 0 aromatic heterocycles. The number of nitrogens with zero attached hydrogens (tertiary/aromatic N) is 1. The molecule has 1 aliphatic heterocycles. The minimum atomic E-state index is -3.61. The van der Waals surface area contributed by atoms with E-state index in [9.17, 15) is 8.42 Å². The molecule has 1 aromatic rings. The molecule has 0 radical (unpaired) electrons. The van der Waals surface area contributed by atoms with Crippen molar-refractivity contribution in [2.45, 2.75) is 24.7 Å². The van der Waals surface area contributed by atoms with Crippen molar-refractivity contribution in [3.05, 3.63) is 33.8 Å². The van der Waals surface area contributed by atoms with Crippen molar-refractivity contribution in [1.29, 1.82) is 0 Å². The van der Waals surface area contributed by atoms with Gasteiger partial charge in [-0.1, -0.05) is 40.5 Å². The molecule has 1 unspecified atom stereocenters. The molecule has 0 N–H and O–H groups in total. The quantitative estimate of drug-likeness (QED) is 0.777. The van der Waals surface area contributed by atoms with Gasteiger partial charge >= 0.3 is 0 Å². The van der Waals surface area contributed by atoms with Crippen molar-refractivity contribution in [3.8, 4) is 0 Å². The topological polar surface area (TPSA) is 55.7 Å². The van der Waals surface area contributed by atoms with Crippen LogP contribution in [0, 0.1) is 0 Å². The number of alkyl halides is 1. The average molecular weight is 357 g/mol. The first kappa shape index (κ1) is 15.9. The Morgan fingerprint density at radius 2 is 2.10 bits per heavy atom. The summed E-state index contributed by atoms with van der Waals surface area (Å²) >= 11 is 17.6. The number of halogens is 3. The monoisotopic (exact) mass is 355 g/mol. The number of hydrogen-bond acceptors (Lipinski definition) is 4. The number of rotatable bonds is 3. The third-order valence-corrected chi connectivity index (χ3v) is 5.96. The molecule has 20 heavy (non-hydrogen) atoms. The van der Waals surface area contributed by atoms with Crippen molar-refractivity contribution < 1.29 is 13.3 Å². The zero-order chi connectivity index (χ0) is 15.0. The zero-order valence-electron chi connectivity index (χ0n) is 10.6. The number of sulfone groups is 1. The molecular weight excluding hydrogens is 345 g/mol. The Bertz CT molecular complexity index is 660. The fraction of sp³-hybridized carbons (Fsp3) is 0.417. The predicted octanol–water partition coefficient (Wildman–Crippen LogP) is 3.64. The highest BCUT2D eigenvalue weighted by Crippen LogP contribution is 2.31. The van der Waals surface area contributed by atoms with Gasteiger partial charge in [0, 0.05) is 6.42 Å². The fourth-order valence-electron chi connectivity index (χ4n) is 1.73. The lowest BCUT2D eigenvalue weighted by molar-refractivity contribution is 0.0152. The van der Waals surface area contributed by atoms with Gasteiger partial charge < -0.3 is 4.84 Å². The van der Waals surface area contributed by atoms with Gasteiger partial charge in [-0.05, 0) is 18.6 Å². The Morgan fingerprint density at radius 1 is 1.40 bits per heavy atom. The largest absolute Gasteiger partial charge is 0.387 e. The van der Waals surface area contributed by atoms with Crippen LogP contribution in [0.2, 0.25) is 10.0 Å². The third-order valence-electron chi connectivity index (χ3n) is 2.91. The van der Waals surface area contributed by atoms with Gasteiger partial charge in [0.15, 0.2) is 20.5 Å². The molecule has 4 nitrogen and oxygen atoms in total. The van der Waals surface area contributed by atoms with E-state index < -0.39 is 15.4 Å². The molecule has 0 spiro atoms. The molecule has 1 aliphatic rings. The Hall–Kier alpha value is -0.490. The van der Waals surface area contributed by atoms with Crippen LogP contribution in [-0.4, -0.2) is 24.9 Å². The molecule has 0 bridgehead atoms. The smallest absolute Gasteiger partial charge is 0.199 e. The molecule has 1 heterocycles. The highest BCUT2D eigenvalue weighted by molar-refractivity contribution is 8.05. The summed E-state index contributed by atoms with van der Waals surface area (Å²) in [5.74, 6) is -0.111. The van der Waals surface area contributed by atoms with E-state index in [1.165, 1.54) is 0 Å². The average Bonchev–Trinajstić information content (AvgIpc) is 2.79. The number of benzene rings is 1. The van der Waals surface area contributed by atoms with Crippen LogP contribution in [-0.2, 0) is 20.4 Å². The maximum Gasteiger partial charge on any atom is 0.199 e. The molecule has 0 saturated carbocycles. The second-order valence-electron chi connectivity index (χ2n) is 4.81. The van der Waals surface area contributed by atoms with E-state index in [1.54, 1.807) is 25.1 Å². The third kappa shape index (κ3) is 3.22. The molecular formula is C12H12Cl3NO3S. The van der Waals surface area contributed by atoms with Crippen LogP contribution in [0.5, 0.6) is 0 Å². The summed E-state index contributed by atoms with van der Waals surface area (Å²) in [7, 11) is -3.61. The summed E-state index contributed by atoms with van der Waals surface area (Å²) in [5.41, 5.74) is -0.344. The van der Waals surface area contributed by atoms with E-state index in [-0.39, 0.29) is 28.1 Å². The summed E-state index contributed by atoms with van der Waals surface area (Å²) in [5, 5.41) is 4.18. The SMILES string of the molecule is CC1(CCl)CC(S(=O)(=O)Cc2cccc(Cl)c2Cl)=NO1. The summed E-state index contributed by atoms with van der Waals surface area (Å²) in [4.78, 5) is 5.10. The van der Waals surface area contributed by atoms with Gasteiger partial charge in [0.2, 0.25) is 0 Å². The Balaban J connectivity index is 2.23. The van der Waals surface area contributed by atoms with Gasteiger partial charge in [-0.25, -0.2) is 8.42 Å². The number of oxime groups is 1. The molecule has 8 heteroatoms. The van der Waals surface area contributed by atoms with Gasteiger partial charge in [0.05, 0.1) is 21.7 Å². The Morgan fingerprint density at radius 3 is 2.70 bits per heavy atom. The van der Waals surface area contributed by atoms with Crippen LogP contribution in [0.25, 0.3) is 0 Å². The normalized spacial score (nSPS) is 22.5. The summed E-state index contributed by atoms with van der Waals surface area (Å²) in [6, 6.07) is 4.86. The first-order chi connectivity index (χ1) is 9.27. The van der Waals surface area contributed by atoms with E-state index in [2.05, 4.69) is 5.16 Å². The lowest BCUT2D eigenvalue weighted by Crippen LogP contribution is -2.28. The van der Waals surface area contributed by atoms with Crippen LogP contribution in [0.3, 0.4) is 0 Å². The minimum absolute atomic E-state index is 0.0170. The second-order valence-corrected chi connectivity index (χ2v) is 7.85. The van der Waals surface area contributed by atoms with Crippen LogP contribution >= 0.6 is 34.8 Å². The molecule has 110 valence electrons. The van der Waals surface area contributed by atoms with Gasteiger partial charge in [0.1, 0.15) is 0 Å². The van der Waals surface area contributed by atoms with Gasteiger partial charge in [-0.2, -0.15) is 0 Å². The molecule has 1 atom stereocenters. The van der Waals surface area contributed by atoms with E-state index >= 15 is 0 Å². The Kier molecular flexibility index (Phi) is 4.54. The van der Waals surface area contributed by atoms with Crippen LogP contribution in [0.4, 0.5) is 0 Å². The summed E-state index contributed by atoms with van der Waals surface area (Å²) in [6.07, 6.45) is 0.150. The summed E-state index contributed by atoms with van der Waals surface area (Å²) < 4.78 is 24.6. The molecule has 0 amide bonds. The minimum Gasteiger partial charge on any atom is -0.387 e. The lowest BCUT2D eigenvalue weighted by atomic mass is 10.1. The molecule has 0 fully saturated rings. The maximum atomic E-state index is 12.3. The molecule has 0 saturated heterocycles. The first-order valence-electron chi connectivity index (χ1n) is 5.74. The summed E-state index contributed by atoms with van der Waals surface area (Å²) in [6.45, 7) is 1.71. The number of hydrogen-bond donors (Lipinski definition) is 0. The van der Waals surface area contributed by atoms with Crippen LogP contribution < -0.4 is 0 Å². The van der Waals surface area contributed by atoms with E-state index in [0.29, 0.717) is 10.6 Å². The Labute approximate surface area is 132 Å². The van der Waals surface area contributed by atoms with Gasteiger partial charge in [0.25, 0.3) is 0 Å². The zero-order valence-corrected chi connectivity index (χ0v) is 13.7. The highest BCUT2D eigenvalue weighted by Gasteiger charge is 2.39. The fourth-order valence-corrected chi connectivity index (χ4v) is 3.83. The van der Waals surface area contributed by atoms with Crippen molar-refractivity contribution >= 4 is 49.7 Å². The van der Waals surface area contributed by atoms with E-state index in [0.717, 1.165) is 0 Å². The van der Waals surface area contributed by atoms with Crippen molar-refractivity contribution in [2.24, 2.45) is 5.16 Å². The molecule has 2 rings (SSSR count). The van der Waals surface area contributed by atoms with E-state index in [4.69, 9.17) is 39.6 Å². The van der Waals surface area contributed by atoms with E-state index in [1.807, 2.05) is 0 Å². The highest BCUT2D eigenvalue weighted by atomic mass is 35.5. The van der Waals surface area contributed by atoms with Gasteiger partial charge in [-0.3, -0.25) is 0 Å². The van der Waals surface area contributed by atoms with Crippen molar-refractivity contribution in [3.63, 3.8) is 0 Å². The standard InChI is InChI=1S/C12H12Cl3NO3S/c1-12(7-13)5-10(16-19-12)20(17,18)6-8-3-2-4-9(14)11(8)15/h2-4H,5-7H2,1H3. The predicted molar refractivity (Wildman–Crippen MR) is 81.3 cm³/mol. The molecule has 0 aliphatic carbocycles. The second kappa shape index (κ2) is 5.72. The van der Waals surface area contributed by atoms with Crippen LogP contribution in [0.1, 0.15) is 18.9 Å². The van der Waals surface area contributed by atoms with Crippen LogP contribution in [0.15, 0.2) is 23.4 Å². The first-order valence-corrected chi connectivity index (χ1v) is 8.68. The maximum absolute atomic E-state index is 12.3. The van der Waals surface area contributed by atoms with Crippen molar-refractivity contribution in [2.75, 3.05) is 5.88 Å². The van der Waals surface area contributed by atoms with Crippen molar-refractivity contribution in [1.82, 2.24) is 0 Å². The lowest BCUT2D eigenvalue weighted by Gasteiger charge is -2.16. The van der Waals surface area contributed by atoms with Gasteiger partial charge in [-0.15, -0.1) is 11.6 Å². The molecule has 1 aromatic carbocycles.